The number of carbonyl (C=O) groups excluding carboxylic acids is 1. The van der Waals surface area contributed by atoms with E-state index in [4.69, 9.17) is 9.47 Å². The molecule has 1 aliphatic carbocycles. The minimum atomic E-state index is -5.76. The van der Waals surface area contributed by atoms with Gasteiger partial charge in [-0.05, 0) is 28.7 Å². The minimum absolute atomic E-state index is 0.0954. The molecule has 1 amide bonds. The third-order valence-corrected chi connectivity index (χ3v) is 6.89. The standard InChI is InChI=1S/C26H24F6N2O4/c27-25(28,29)23(26(30,31)32)38-24(35)34-10-8-33(9-11-34)22(19-4-5-21-17(15-19)7-13-37-21)18-2-1-3-20-16(14-18)6-12-36-20/h4-5,14-15,22-23H,2,6-13H2. The number of halogens is 6. The Balaban J connectivity index is 1.36. The molecule has 3 aliphatic heterocycles. The lowest BCUT2D eigenvalue weighted by Crippen LogP contribution is -2.53. The molecule has 1 unspecified atom stereocenters. The molecule has 1 aromatic rings. The van der Waals surface area contributed by atoms with E-state index in [0.29, 0.717) is 25.4 Å². The van der Waals surface area contributed by atoms with E-state index in [2.05, 4.69) is 33.6 Å². The Morgan fingerprint density at radius 2 is 1.68 bits per heavy atom. The van der Waals surface area contributed by atoms with Crippen molar-refractivity contribution in [3.8, 4) is 17.6 Å². The number of carbonyl (C=O) groups is 1. The lowest BCUT2D eigenvalue weighted by molar-refractivity contribution is -0.308. The molecule has 5 rings (SSSR count). The molecule has 0 saturated carbocycles. The SMILES string of the molecule is O=C(OC(C(F)(F)F)C(F)(F)F)N1CCN(C(C2=CC3=C(C#CC2)OCC3)c2ccc3c(c2)CCO3)CC1. The molecule has 1 atom stereocenters. The van der Waals surface area contributed by atoms with Gasteiger partial charge in [0, 0.05) is 51.0 Å². The Hall–Kier alpha value is -3.33. The van der Waals surface area contributed by atoms with Gasteiger partial charge in [-0.3, -0.25) is 4.90 Å². The van der Waals surface area contributed by atoms with Crippen LogP contribution >= 0.6 is 0 Å². The maximum Gasteiger partial charge on any atom is 0.434 e. The normalized spacial score (nSPS) is 20.5. The van der Waals surface area contributed by atoms with Gasteiger partial charge in [-0.2, -0.15) is 26.3 Å². The summed E-state index contributed by atoms with van der Waals surface area (Å²) in [6.45, 7) is 1.36. The molecule has 0 radical (unpaired) electrons. The maximum absolute atomic E-state index is 12.9. The summed E-state index contributed by atoms with van der Waals surface area (Å²) in [5.74, 6) is 7.65. The fourth-order valence-electron chi connectivity index (χ4n) is 5.09. The van der Waals surface area contributed by atoms with Crippen LogP contribution in [-0.2, 0) is 15.9 Å². The number of nitrogens with zero attached hydrogens (tertiary/aromatic N) is 2. The van der Waals surface area contributed by atoms with Crippen molar-refractivity contribution in [1.82, 2.24) is 9.80 Å². The van der Waals surface area contributed by atoms with E-state index < -0.39 is 24.5 Å². The summed E-state index contributed by atoms with van der Waals surface area (Å²) >= 11 is 0. The Kier molecular flexibility index (Phi) is 6.98. The first-order valence-electron chi connectivity index (χ1n) is 12.1. The molecule has 3 heterocycles. The van der Waals surface area contributed by atoms with Crippen molar-refractivity contribution in [2.75, 3.05) is 39.4 Å². The molecule has 0 N–H and O–H groups in total. The third kappa shape index (κ3) is 5.43. The van der Waals surface area contributed by atoms with E-state index in [0.717, 1.165) is 45.8 Å². The summed E-state index contributed by atoms with van der Waals surface area (Å²) < 4.78 is 92.3. The predicted molar refractivity (Wildman–Crippen MR) is 122 cm³/mol. The zero-order valence-electron chi connectivity index (χ0n) is 20.1. The van der Waals surface area contributed by atoms with Gasteiger partial charge >= 0.3 is 18.4 Å². The Bertz CT molecular complexity index is 1200. The number of amides is 1. The van der Waals surface area contributed by atoms with Crippen LogP contribution in [0.3, 0.4) is 0 Å². The van der Waals surface area contributed by atoms with Gasteiger partial charge in [0.1, 0.15) is 5.75 Å². The first kappa shape index (κ1) is 26.3. The van der Waals surface area contributed by atoms with Crippen molar-refractivity contribution >= 4 is 6.09 Å². The fourth-order valence-corrected chi connectivity index (χ4v) is 5.09. The highest BCUT2D eigenvalue weighted by Crippen LogP contribution is 2.39. The van der Waals surface area contributed by atoms with Crippen LogP contribution in [-0.4, -0.2) is 73.7 Å². The second-order valence-corrected chi connectivity index (χ2v) is 9.39. The lowest BCUT2D eigenvalue weighted by Gasteiger charge is -2.40. The van der Waals surface area contributed by atoms with Gasteiger partial charge in [0.25, 0.3) is 6.10 Å². The van der Waals surface area contributed by atoms with Crippen LogP contribution in [0.15, 0.2) is 41.2 Å². The van der Waals surface area contributed by atoms with E-state index in [9.17, 15) is 31.1 Å². The predicted octanol–water partition coefficient (Wildman–Crippen LogP) is 4.92. The van der Waals surface area contributed by atoms with Crippen molar-refractivity contribution in [2.24, 2.45) is 0 Å². The number of allylic oxidation sites excluding steroid dienone is 2. The van der Waals surface area contributed by atoms with Gasteiger partial charge in [-0.25, -0.2) is 4.79 Å². The summed E-state index contributed by atoms with van der Waals surface area (Å²) in [5.41, 5.74) is 4.02. The molecule has 6 nitrogen and oxygen atoms in total. The van der Waals surface area contributed by atoms with Gasteiger partial charge in [0.2, 0.25) is 0 Å². The Morgan fingerprint density at radius 3 is 2.39 bits per heavy atom. The zero-order valence-corrected chi connectivity index (χ0v) is 20.1. The lowest BCUT2D eigenvalue weighted by atomic mass is 9.91. The van der Waals surface area contributed by atoms with E-state index in [1.807, 2.05) is 12.1 Å². The quantitative estimate of drug-likeness (QED) is 0.400. The zero-order chi connectivity index (χ0) is 27.1. The average molecular weight is 542 g/mol. The van der Waals surface area contributed by atoms with Crippen molar-refractivity contribution in [3.63, 3.8) is 0 Å². The molecule has 204 valence electrons. The Labute approximate surface area is 214 Å². The number of fused-ring (bicyclic) bond motifs is 1. The first-order valence-corrected chi connectivity index (χ1v) is 12.1. The van der Waals surface area contributed by atoms with Crippen LogP contribution in [0.5, 0.6) is 5.75 Å². The van der Waals surface area contributed by atoms with Crippen LogP contribution in [0.2, 0.25) is 0 Å². The molecule has 0 bridgehead atoms. The number of ether oxygens (including phenoxy) is 3. The monoisotopic (exact) mass is 542 g/mol. The molecular formula is C26H24F6N2O4. The van der Waals surface area contributed by atoms with E-state index >= 15 is 0 Å². The third-order valence-electron chi connectivity index (χ3n) is 6.89. The summed E-state index contributed by atoms with van der Waals surface area (Å²) in [6, 6.07) is 5.65. The van der Waals surface area contributed by atoms with Crippen molar-refractivity contribution in [3.05, 3.63) is 52.3 Å². The highest BCUT2D eigenvalue weighted by atomic mass is 19.4. The van der Waals surface area contributed by atoms with Crippen molar-refractivity contribution in [2.45, 2.75) is 43.8 Å². The van der Waals surface area contributed by atoms with Crippen molar-refractivity contribution in [1.29, 1.82) is 0 Å². The fraction of sp³-hybridized carbons (Fsp3) is 0.500. The highest BCUT2D eigenvalue weighted by molar-refractivity contribution is 5.68. The number of rotatable bonds is 4. The Morgan fingerprint density at radius 1 is 0.974 bits per heavy atom. The molecule has 1 saturated heterocycles. The van der Waals surface area contributed by atoms with Crippen LogP contribution < -0.4 is 4.74 Å². The summed E-state index contributed by atoms with van der Waals surface area (Å²) in [4.78, 5) is 15.2. The largest absolute Gasteiger partial charge is 0.493 e. The van der Waals surface area contributed by atoms with Gasteiger partial charge < -0.3 is 19.1 Å². The van der Waals surface area contributed by atoms with E-state index in [-0.39, 0.29) is 32.2 Å². The van der Waals surface area contributed by atoms with E-state index in [1.165, 1.54) is 0 Å². The highest BCUT2D eigenvalue weighted by Gasteiger charge is 2.60. The molecule has 4 aliphatic rings. The number of hydrogen-bond acceptors (Lipinski definition) is 5. The summed E-state index contributed by atoms with van der Waals surface area (Å²) in [5, 5.41) is 0. The molecule has 1 aromatic carbocycles. The number of alkyl halides is 6. The molecular weight excluding hydrogens is 518 g/mol. The molecule has 0 spiro atoms. The van der Waals surface area contributed by atoms with Crippen LogP contribution in [0.1, 0.15) is 30.0 Å². The van der Waals surface area contributed by atoms with E-state index in [1.54, 1.807) is 0 Å². The minimum Gasteiger partial charge on any atom is -0.493 e. The van der Waals surface area contributed by atoms with Gasteiger partial charge in [0.15, 0.2) is 5.76 Å². The molecule has 38 heavy (non-hydrogen) atoms. The maximum atomic E-state index is 12.9. The summed E-state index contributed by atoms with van der Waals surface area (Å²) in [7, 11) is 0. The van der Waals surface area contributed by atoms with Crippen LogP contribution in [0, 0.1) is 11.8 Å². The van der Waals surface area contributed by atoms with Gasteiger partial charge in [-0.15, -0.1) is 0 Å². The van der Waals surface area contributed by atoms with Crippen LogP contribution in [0.4, 0.5) is 31.1 Å². The smallest absolute Gasteiger partial charge is 0.434 e. The molecule has 0 aromatic heterocycles. The van der Waals surface area contributed by atoms with Gasteiger partial charge in [0.05, 0.1) is 19.3 Å². The number of hydrogen-bond donors (Lipinski definition) is 0. The average Bonchev–Trinajstić information content (AvgIpc) is 3.46. The summed E-state index contributed by atoms with van der Waals surface area (Å²) in [6.07, 6.45) is -13.3. The van der Waals surface area contributed by atoms with Crippen LogP contribution in [0.25, 0.3) is 0 Å². The molecule has 12 heteroatoms. The number of piperazine rings is 1. The van der Waals surface area contributed by atoms with Crippen molar-refractivity contribution < 1.29 is 45.3 Å². The first-order chi connectivity index (χ1) is 18.0. The second-order valence-electron chi connectivity index (χ2n) is 9.39. The molecule has 1 fully saturated rings. The van der Waals surface area contributed by atoms with Gasteiger partial charge in [-0.1, -0.05) is 24.1 Å². The second kappa shape index (κ2) is 10.1. The number of benzene rings is 1. The topological polar surface area (TPSA) is 51.2 Å².